The number of nitrogens with two attached hydrogens (primary N) is 1. The van der Waals surface area contributed by atoms with Gasteiger partial charge >= 0.3 is 0 Å². The second-order valence-corrected chi connectivity index (χ2v) is 4.37. The highest BCUT2D eigenvalue weighted by molar-refractivity contribution is 5.77. The van der Waals surface area contributed by atoms with Crippen LogP contribution in [0.5, 0.6) is 5.75 Å². The van der Waals surface area contributed by atoms with Crippen molar-refractivity contribution in [3.63, 3.8) is 0 Å². The summed E-state index contributed by atoms with van der Waals surface area (Å²) >= 11 is 0. The van der Waals surface area contributed by atoms with Crippen molar-refractivity contribution in [3.8, 4) is 5.75 Å². The SMILES string of the molecule is CCCN=C(N)NCCOc1cc(C)cc(C)c1. The van der Waals surface area contributed by atoms with E-state index in [2.05, 4.69) is 37.1 Å². The van der Waals surface area contributed by atoms with Gasteiger partial charge in [-0.05, 0) is 43.5 Å². The number of nitrogens with zero attached hydrogens (tertiary/aromatic N) is 1. The molecule has 4 heteroatoms. The Kier molecular flexibility index (Phi) is 6.05. The van der Waals surface area contributed by atoms with Crippen molar-refractivity contribution < 1.29 is 4.74 Å². The molecule has 0 radical (unpaired) electrons. The minimum Gasteiger partial charge on any atom is -0.492 e. The normalized spacial score (nSPS) is 11.4. The Hall–Kier alpha value is -1.71. The summed E-state index contributed by atoms with van der Waals surface area (Å²) in [6, 6.07) is 6.18. The first-order chi connectivity index (χ1) is 8.61. The molecule has 0 atom stereocenters. The molecule has 0 aliphatic rings. The Bertz CT molecular complexity index is 382. The van der Waals surface area contributed by atoms with Crippen LogP contribution in [0.25, 0.3) is 0 Å². The lowest BCUT2D eigenvalue weighted by Crippen LogP contribution is -2.34. The predicted octanol–water partition coefficient (Wildman–Crippen LogP) is 2.00. The first-order valence-corrected chi connectivity index (χ1v) is 6.36. The molecule has 3 N–H and O–H groups in total. The van der Waals surface area contributed by atoms with Gasteiger partial charge in [0.05, 0.1) is 6.54 Å². The topological polar surface area (TPSA) is 59.6 Å². The zero-order valence-electron chi connectivity index (χ0n) is 11.5. The van der Waals surface area contributed by atoms with Crippen LogP contribution >= 0.6 is 0 Å². The van der Waals surface area contributed by atoms with Gasteiger partial charge in [0.15, 0.2) is 5.96 Å². The molecule has 0 unspecified atom stereocenters. The highest BCUT2D eigenvalue weighted by atomic mass is 16.5. The fourth-order valence-corrected chi connectivity index (χ4v) is 1.65. The molecule has 1 aromatic carbocycles. The average Bonchev–Trinajstić information content (AvgIpc) is 2.31. The summed E-state index contributed by atoms with van der Waals surface area (Å²) in [5.74, 6) is 1.39. The molecule has 0 aromatic heterocycles. The molecule has 1 rings (SSSR count). The van der Waals surface area contributed by atoms with Gasteiger partial charge in [0.25, 0.3) is 0 Å². The molecule has 0 bridgehead atoms. The Morgan fingerprint density at radius 1 is 1.28 bits per heavy atom. The van der Waals surface area contributed by atoms with Crippen molar-refractivity contribution in [2.75, 3.05) is 19.7 Å². The van der Waals surface area contributed by atoms with Crippen molar-refractivity contribution in [2.45, 2.75) is 27.2 Å². The van der Waals surface area contributed by atoms with Gasteiger partial charge in [-0.1, -0.05) is 13.0 Å². The van der Waals surface area contributed by atoms with Gasteiger partial charge in [0, 0.05) is 6.54 Å². The van der Waals surface area contributed by atoms with Crippen molar-refractivity contribution >= 4 is 5.96 Å². The second kappa shape index (κ2) is 7.58. The number of nitrogens with one attached hydrogen (secondary N) is 1. The second-order valence-electron chi connectivity index (χ2n) is 4.37. The first-order valence-electron chi connectivity index (χ1n) is 6.36. The number of hydrogen-bond acceptors (Lipinski definition) is 2. The minimum absolute atomic E-state index is 0.487. The molecule has 0 amide bonds. The molecule has 100 valence electrons. The standard InChI is InChI=1S/C14H23N3O/c1-4-5-16-14(15)17-6-7-18-13-9-11(2)8-12(3)10-13/h8-10H,4-7H2,1-3H3,(H3,15,16,17). The molecular weight excluding hydrogens is 226 g/mol. The average molecular weight is 249 g/mol. The highest BCUT2D eigenvalue weighted by Gasteiger charge is 1.97. The van der Waals surface area contributed by atoms with Gasteiger partial charge in [-0.3, -0.25) is 4.99 Å². The molecule has 4 nitrogen and oxygen atoms in total. The lowest BCUT2D eigenvalue weighted by Gasteiger charge is -2.09. The van der Waals surface area contributed by atoms with E-state index in [0.29, 0.717) is 19.1 Å². The van der Waals surface area contributed by atoms with Crippen LogP contribution in [0.2, 0.25) is 0 Å². The third kappa shape index (κ3) is 5.57. The van der Waals surface area contributed by atoms with E-state index in [9.17, 15) is 0 Å². The van der Waals surface area contributed by atoms with Gasteiger partial charge in [-0.15, -0.1) is 0 Å². The third-order valence-electron chi connectivity index (χ3n) is 2.38. The number of guanidine groups is 1. The number of ether oxygens (including phenoxy) is 1. The number of aryl methyl sites for hydroxylation is 2. The van der Waals surface area contributed by atoms with Crippen molar-refractivity contribution in [1.29, 1.82) is 0 Å². The van der Waals surface area contributed by atoms with Crippen LogP contribution in [-0.4, -0.2) is 25.7 Å². The fourth-order valence-electron chi connectivity index (χ4n) is 1.65. The first kappa shape index (κ1) is 14.4. The quantitative estimate of drug-likeness (QED) is 0.460. The molecule has 0 fully saturated rings. The van der Waals surface area contributed by atoms with Gasteiger partial charge in [0.1, 0.15) is 12.4 Å². The zero-order chi connectivity index (χ0) is 13.4. The lowest BCUT2D eigenvalue weighted by atomic mass is 10.1. The third-order valence-corrected chi connectivity index (χ3v) is 2.38. The molecule has 0 aliphatic carbocycles. The molecule has 0 saturated heterocycles. The summed E-state index contributed by atoms with van der Waals surface area (Å²) in [4.78, 5) is 4.14. The van der Waals surface area contributed by atoms with E-state index < -0.39 is 0 Å². The maximum atomic E-state index is 5.67. The van der Waals surface area contributed by atoms with Crippen LogP contribution in [0.15, 0.2) is 23.2 Å². The molecule has 1 aromatic rings. The summed E-state index contributed by atoms with van der Waals surface area (Å²) in [5, 5.41) is 3.02. The summed E-state index contributed by atoms with van der Waals surface area (Å²) in [5.41, 5.74) is 8.09. The van der Waals surface area contributed by atoms with Crippen LogP contribution in [0.4, 0.5) is 0 Å². The molecule has 0 heterocycles. The Morgan fingerprint density at radius 3 is 2.56 bits per heavy atom. The molecule has 0 saturated carbocycles. The number of hydrogen-bond donors (Lipinski definition) is 2. The molecule has 0 aliphatic heterocycles. The van der Waals surface area contributed by atoms with Crippen molar-refractivity contribution in [3.05, 3.63) is 29.3 Å². The van der Waals surface area contributed by atoms with Crippen LogP contribution < -0.4 is 15.8 Å². The fraction of sp³-hybridized carbons (Fsp3) is 0.500. The van der Waals surface area contributed by atoms with Crippen molar-refractivity contribution in [2.24, 2.45) is 10.7 Å². The van der Waals surface area contributed by atoms with E-state index in [1.807, 2.05) is 12.1 Å². The monoisotopic (exact) mass is 249 g/mol. The maximum absolute atomic E-state index is 5.67. The molecular formula is C14H23N3O. The lowest BCUT2D eigenvalue weighted by molar-refractivity contribution is 0.322. The highest BCUT2D eigenvalue weighted by Crippen LogP contribution is 2.15. The van der Waals surface area contributed by atoms with Gasteiger partial charge in [-0.25, -0.2) is 0 Å². The van der Waals surface area contributed by atoms with Crippen LogP contribution in [0.3, 0.4) is 0 Å². The number of rotatable bonds is 6. The summed E-state index contributed by atoms with van der Waals surface area (Å²) in [7, 11) is 0. The number of aliphatic imine (C=N–C) groups is 1. The smallest absolute Gasteiger partial charge is 0.188 e. The van der Waals surface area contributed by atoms with Crippen LogP contribution in [0.1, 0.15) is 24.5 Å². The Morgan fingerprint density at radius 2 is 1.94 bits per heavy atom. The van der Waals surface area contributed by atoms with E-state index in [1.54, 1.807) is 0 Å². The van der Waals surface area contributed by atoms with E-state index in [-0.39, 0.29) is 0 Å². The van der Waals surface area contributed by atoms with E-state index in [0.717, 1.165) is 18.7 Å². The van der Waals surface area contributed by atoms with E-state index in [1.165, 1.54) is 11.1 Å². The van der Waals surface area contributed by atoms with Crippen LogP contribution in [0, 0.1) is 13.8 Å². The van der Waals surface area contributed by atoms with Gasteiger partial charge < -0.3 is 15.8 Å². The maximum Gasteiger partial charge on any atom is 0.188 e. The summed E-state index contributed by atoms with van der Waals surface area (Å²) in [6.07, 6.45) is 1.00. The molecule has 0 spiro atoms. The van der Waals surface area contributed by atoms with E-state index >= 15 is 0 Å². The minimum atomic E-state index is 0.487. The summed E-state index contributed by atoms with van der Waals surface area (Å²) in [6.45, 7) is 8.19. The Balaban J connectivity index is 2.29. The van der Waals surface area contributed by atoms with E-state index in [4.69, 9.17) is 10.5 Å². The van der Waals surface area contributed by atoms with Crippen molar-refractivity contribution in [1.82, 2.24) is 5.32 Å². The molecule has 18 heavy (non-hydrogen) atoms. The zero-order valence-corrected chi connectivity index (χ0v) is 11.5. The van der Waals surface area contributed by atoms with Gasteiger partial charge in [-0.2, -0.15) is 0 Å². The predicted molar refractivity (Wildman–Crippen MR) is 76.2 cm³/mol. The number of benzene rings is 1. The Labute approximate surface area is 109 Å². The van der Waals surface area contributed by atoms with Crippen LogP contribution in [-0.2, 0) is 0 Å². The van der Waals surface area contributed by atoms with Gasteiger partial charge in [0.2, 0.25) is 0 Å². The summed E-state index contributed by atoms with van der Waals surface area (Å²) < 4.78 is 5.65. The largest absolute Gasteiger partial charge is 0.492 e.